The lowest BCUT2D eigenvalue weighted by Crippen LogP contribution is -2.47. The smallest absolute Gasteiger partial charge is 0.417 e. The van der Waals surface area contributed by atoms with Crippen LogP contribution in [-0.4, -0.2) is 43.4 Å². The molecule has 4 rings (SSSR count). The number of aromatic carboxylic acids is 1. The van der Waals surface area contributed by atoms with Crippen LogP contribution in [0.1, 0.15) is 34.5 Å². The molecule has 0 bridgehead atoms. The number of alkyl halides is 3. The summed E-state index contributed by atoms with van der Waals surface area (Å²) in [7, 11) is 0. The molecule has 0 aromatic heterocycles. The molecule has 1 fully saturated rings. The molecular formula is C25H26ClF3N2O3. The van der Waals surface area contributed by atoms with Crippen LogP contribution >= 0.6 is 12.4 Å². The van der Waals surface area contributed by atoms with Gasteiger partial charge < -0.3 is 20.1 Å². The van der Waals surface area contributed by atoms with Gasteiger partial charge in [-0.15, -0.1) is 12.4 Å². The van der Waals surface area contributed by atoms with Crippen molar-refractivity contribution in [2.24, 2.45) is 0 Å². The summed E-state index contributed by atoms with van der Waals surface area (Å²) in [6, 6.07) is 17.7. The fourth-order valence-electron chi connectivity index (χ4n) is 4.27. The number of hydrogen-bond donors (Lipinski definition) is 2. The lowest BCUT2D eigenvalue weighted by molar-refractivity contribution is -0.138. The molecule has 1 saturated heterocycles. The highest BCUT2D eigenvalue weighted by Gasteiger charge is 2.36. The highest BCUT2D eigenvalue weighted by atomic mass is 35.5. The number of benzene rings is 3. The number of fused-ring (bicyclic) bond motifs is 1. The van der Waals surface area contributed by atoms with Crippen LogP contribution in [0.5, 0.6) is 0 Å². The molecule has 5 nitrogen and oxygen atoms in total. The van der Waals surface area contributed by atoms with Gasteiger partial charge in [0.1, 0.15) is 0 Å². The largest absolute Gasteiger partial charge is 0.478 e. The summed E-state index contributed by atoms with van der Waals surface area (Å²) in [5, 5.41) is 14.9. The maximum atomic E-state index is 13.4. The maximum Gasteiger partial charge on any atom is 0.417 e. The molecule has 0 amide bonds. The Morgan fingerprint density at radius 3 is 2.65 bits per heavy atom. The van der Waals surface area contributed by atoms with E-state index in [0.717, 1.165) is 17.5 Å². The third-order valence-corrected chi connectivity index (χ3v) is 5.98. The van der Waals surface area contributed by atoms with Gasteiger partial charge in [0, 0.05) is 31.4 Å². The minimum Gasteiger partial charge on any atom is -0.478 e. The van der Waals surface area contributed by atoms with E-state index < -0.39 is 23.3 Å². The second-order valence-corrected chi connectivity index (χ2v) is 8.17. The van der Waals surface area contributed by atoms with Gasteiger partial charge in [-0.05, 0) is 41.5 Å². The Hall–Kier alpha value is -2.81. The molecule has 0 aliphatic carbocycles. The Morgan fingerprint density at radius 1 is 1.18 bits per heavy atom. The number of carboxylic acids is 1. The van der Waals surface area contributed by atoms with Crippen LogP contribution in [0, 0.1) is 0 Å². The molecule has 1 aliphatic heterocycles. The first kappa shape index (κ1) is 25.8. The highest BCUT2D eigenvalue weighted by Crippen LogP contribution is 2.35. The number of nitrogens with zero attached hydrogens (tertiary/aromatic N) is 1. The molecule has 1 unspecified atom stereocenters. The van der Waals surface area contributed by atoms with Gasteiger partial charge in [-0.3, -0.25) is 0 Å². The standard InChI is InChI=1S/C25H25F3N2O3.ClH/c1-16(20-8-4-6-17-5-2-3-7-21(17)20)29-14-19-15-30(11-12-33-19)18-9-10-22(24(31)32)23(13-18)25(26,27)28;/h2-10,13,16,19,29H,11-12,14-15H2,1H3,(H,31,32);1H/t16-,19?;/m1./s1. The van der Waals surface area contributed by atoms with Crippen LogP contribution in [0.3, 0.4) is 0 Å². The Bertz CT molecular complexity index is 1150. The number of carboxylic acid groups (broad SMARTS) is 1. The second-order valence-electron chi connectivity index (χ2n) is 8.17. The molecule has 182 valence electrons. The maximum absolute atomic E-state index is 13.4. The summed E-state index contributed by atoms with van der Waals surface area (Å²) in [6.07, 6.45) is -4.96. The van der Waals surface area contributed by atoms with E-state index >= 15 is 0 Å². The molecule has 3 aromatic carbocycles. The molecule has 34 heavy (non-hydrogen) atoms. The minimum atomic E-state index is -4.75. The van der Waals surface area contributed by atoms with Gasteiger partial charge in [0.15, 0.2) is 0 Å². The van der Waals surface area contributed by atoms with Crippen molar-refractivity contribution in [3.05, 3.63) is 77.4 Å². The number of ether oxygens (including phenoxy) is 1. The minimum absolute atomic E-state index is 0. The SMILES string of the molecule is C[C@@H](NCC1CN(c2ccc(C(=O)O)c(C(F)(F)F)c2)CCO1)c1cccc2ccccc12.Cl. The van der Waals surface area contributed by atoms with Crippen molar-refractivity contribution in [2.75, 3.05) is 31.1 Å². The van der Waals surface area contributed by atoms with E-state index in [1.807, 2.05) is 18.2 Å². The molecule has 2 N–H and O–H groups in total. The summed E-state index contributed by atoms with van der Waals surface area (Å²) < 4.78 is 46.0. The van der Waals surface area contributed by atoms with E-state index in [2.05, 4.69) is 36.5 Å². The van der Waals surface area contributed by atoms with Crippen LogP contribution in [0.25, 0.3) is 10.8 Å². The van der Waals surface area contributed by atoms with Crippen molar-refractivity contribution in [1.29, 1.82) is 0 Å². The Kier molecular flexibility index (Phi) is 8.07. The predicted octanol–water partition coefficient (Wildman–Crippen LogP) is 5.53. The molecule has 0 radical (unpaired) electrons. The van der Waals surface area contributed by atoms with E-state index in [1.54, 1.807) is 4.90 Å². The van der Waals surface area contributed by atoms with Crippen molar-refractivity contribution >= 4 is 34.8 Å². The van der Waals surface area contributed by atoms with E-state index in [9.17, 15) is 18.0 Å². The van der Waals surface area contributed by atoms with E-state index in [0.29, 0.717) is 31.9 Å². The number of hydrogen-bond acceptors (Lipinski definition) is 4. The molecule has 2 atom stereocenters. The molecule has 1 aliphatic rings. The predicted molar refractivity (Wildman–Crippen MR) is 128 cm³/mol. The Labute approximate surface area is 201 Å². The summed E-state index contributed by atoms with van der Waals surface area (Å²) in [6.45, 7) is 3.80. The first-order chi connectivity index (χ1) is 15.7. The van der Waals surface area contributed by atoms with Crippen LogP contribution in [-0.2, 0) is 10.9 Å². The number of morpholine rings is 1. The number of halogens is 4. The molecule has 1 heterocycles. The number of nitrogens with one attached hydrogen (secondary N) is 1. The van der Waals surface area contributed by atoms with Crippen molar-refractivity contribution in [3.63, 3.8) is 0 Å². The van der Waals surface area contributed by atoms with Crippen molar-refractivity contribution in [3.8, 4) is 0 Å². The molecule has 9 heteroatoms. The number of anilines is 1. The quantitative estimate of drug-likeness (QED) is 0.471. The second kappa shape index (κ2) is 10.6. The van der Waals surface area contributed by atoms with Gasteiger partial charge in [-0.1, -0.05) is 42.5 Å². The van der Waals surface area contributed by atoms with Gasteiger partial charge in [-0.2, -0.15) is 13.2 Å². The summed E-state index contributed by atoms with van der Waals surface area (Å²) in [4.78, 5) is 13.0. The van der Waals surface area contributed by atoms with Crippen LogP contribution in [0.4, 0.5) is 18.9 Å². The monoisotopic (exact) mass is 494 g/mol. The van der Waals surface area contributed by atoms with Gasteiger partial charge >= 0.3 is 12.1 Å². The Balaban J connectivity index is 0.00000324. The van der Waals surface area contributed by atoms with Gasteiger partial charge in [0.2, 0.25) is 0 Å². The zero-order chi connectivity index (χ0) is 23.6. The number of carbonyl (C=O) groups is 1. The van der Waals surface area contributed by atoms with E-state index in [1.165, 1.54) is 17.0 Å². The number of rotatable bonds is 6. The van der Waals surface area contributed by atoms with Crippen molar-refractivity contribution in [2.45, 2.75) is 25.2 Å². The van der Waals surface area contributed by atoms with Gasteiger partial charge in [0.25, 0.3) is 0 Å². The third-order valence-electron chi connectivity index (χ3n) is 5.98. The first-order valence-corrected chi connectivity index (χ1v) is 10.8. The fourth-order valence-corrected chi connectivity index (χ4v) is 4.27. The normalized spacial score (nSPS) is 17.3. The van der Waals surface area contributed by atoms with E-state index in [4.69, 9.17) is 9.84 Å². The molecular weight excluding hydrogens is 469 g/mol. The zero-order valence-corrected chi connectivity index (χ0v) is 19.3. The lowest BCUT2D eigenvalue weighted by atomic mass is 9.99. The molecule has 0 saturated carbocycles. The average Bonchev–Trinajstić information content (AvgIpc) is 2.81. The van der Waals surface area contributed by atoms with Crippen LogP contribution in [0.2, 0.25) is 0 Å². The van der Waals surface area contributed by atoms with Crippen molar-refractivity contribution < 1.29 is 27.8 Å². The topological polar surface area (TPSA) is 61.8 Å². The van der Waals surface area contributed by atoms with Gasteiger partial charge in [-0.25, -0.2) is 4.79 Å². The average molecular weight is 495 g/mol. The Morgan fingerprint density at radius 2 is 1.91 bits per heavy atom. The van der Waals surface area contributed by atoms with Crippen molar-refractivity contribution in [1.82, 2.24) is 5.32 Å². The van der Waals surface area contributed by atoms with Gasteiger partial charge in [0.05, 0.1) is 23.8 Å². The zero-order valence-electron chi connectivity index (χ0n) is 18.5. The molecule has 3 aromatic rings. The summed E-state index contributed by atoms with van der Waals surface area (Å²) in [5.41, 5.74) is -0.387. The first-order valence-electron chi connectivity index (χ1n) is 10.8. The third kappa shape index (κ3) is 5.63. The highest BCUT2D eigenvalue weighted by molar-refractivity contribution is 5.90. The van der Waals surface area contributed by atoms with Crippen LogP contribution < -0.4 is 10.2 Å². The molecule has 0 spiro atoms. The van der Waals surface area contributed by atoms with E-state index in [-0.39, 0.29) is 24.6 Å². The summed E-state index contributed by atoms with van der Waals surface area (Å²) in [5.74, 6) is -1.60. The fraction of sp³-hybridized carbons (Fsp3) is 0.320. The summed E-state index contributed by atoms with van der Waals surface area (Å²) >= 11 is 0. The van der Waals surface area contributed by atoms with Crippen LogP contribution in [0.15, 0.2) is 60.7 Å². The lowest BCUT2D eigenvalue weighted by Gasteiger charge is -2.35.